The third kappa shape index (κ3) is 1.05. The minimum Gasteiger partial charge on any atom is -0.0882 e. The highest BCUT2D eigenvalue weighted by atomic mass is 14.1. The maximum absolute atomic E-state index is 2.33. The molecule has 40 valence electrons. The van der Waals surface area contributed by atoms with Crippen LogP contribution in [0.1, 0.15) is 26.2 Å². The van der Waals surface area contributed by atoms with Crippen LogP contribution in [-0.4, -0.2) is 0 Å². The maximum atomic E-state index is 2.33. The first-order chi connectivity index (χ1) is 3.43. The van der Waals surface area contributed by atoms with Crippen LogP contribution in [0.25, 0.3) is 0 Å². The van der Waals surface area contributed by atoms with E-state index >= 15 is 0 Å². The van der Waals surface area contributed by atoms with E-state index in [2.05, 4.69) is 19.1 Å². The summed E-state index contributed by atoms with van der Waals surface area (Å²) in [5, 5.41) is 0. The van der Waals surface area contributed by atoms with Gasteiger partial charge in [-0.25, -0.2) is 0 Å². The van der Waals surface area contributed by atoms with Gasteiger partial charge < -0.3 is 0 Å². The molecule has 0 heteroatoms. The van der Waals surface area contributed by atoms with Crippen molar-refractivity contribution in [3.63, 3.8) is 0 Å². The van der Waals surface area contributed by atoms with Crippen LogP contribution in [0.5, 0.6) is 0 Å². The number of rotatable bonds is 1. The SMILES string of the molecule is CC[C@H]1C=CCC1. The van der Waals surface area contributed by atoms with E-state index in [1.807, 2.05) is 0 Å². The second-order valence-electron chi connectivity index (χ2n) is 2.17. The van der Waals surface area contributed by atoms with Crippen molar-refractivity contribution in [3.05, 3.63) is 12.2 Å². The van der Waals surface area contributed by atoms with Gasteiger partial charge in [0.25, 0.3) is 0 Å². The molecule has 1 atom stereocenters. The molecule has 0 radical (unpaired) electrons. The lowest BCUT2D eigenvalue weighted by Crippen LogP contribution is -1.84. The first kappa shape index (κ1) is 4.89. The fraction of sp³-hybridized carbons (Fsp3) is 0.714. The summed E-state index contributed by atoms with van der Waals surface area (Å²) in [5.41, 5.74) is 0. The van der Waals surface area contributed by atoms with Crippen molar-refractivity contribution in [2.24, 2.45) is 5.92 Å². The molecule has 0 heterocycles. The maximum Gasteiger partial charge on any atom is -0.0233 e. The predicted octanol–water partition coefficient (Wildman–Crippen LogP) is 2.36. The highest BCUT2D eigenvalue weighted by molar-refractivity contribution is 4.95. The molecule has 0 bridgehead atoms. The second-order valence-corrected chi connectivity index (χ2v) is 2.17. The molecule has 0 N–H and O–H groups in total. The average Bonchev–Trinajstić information content (AvgIpc) is 2.14. The molecule has 0 saturated carbocycles. The lowest BCUT2D eigenvalue weighted by molar-refractivity contribution is 0.612. The molecule has 0 aromatic carbocycles. The quantitative estimate of drug-likeness (QED) is 0.439. The smallest absolute Gasteiger partial charge is 0.0233 e. The largest absolute Gasteiger partial charge is 0.0882 e. The minimum absolute atomic E-state index is 0.917. The monoisotopic (exact) mass is 96.1 g/mol. The first-order valence-electron chi connectivity index (χ1n) is 3.10. The Morgan fingerprint density at radius 2 is 2.57 bits per heavy atom. The Labute approximate surface area is 45.2 Å². The molecule has 0 aromatic heterocycles. The van der Waals surface area contributed by atoms with E-state index in [0.29, 0.717) is 0 Å². The van der Waals surface area contributed by atoms with Gasteiger partial charge >= 0.3 is 0 Å². The molecule has 0 aliphatic heterocycles. The summed E-state index contributed by atoms with van der Waals surface area (Å²) in [5.74, 6) is 0.917. The molecule has 0 fully saturated rings. The molecule has 0 nitrogen and oxygen atoms in total. The van der Waals surface area contributed by atoms with E-state index in [1.165, 1.54) is 19.3 Å². The van der Waals surface area contributed by atoms with Gasteiger partial charge in [0.05, 0.1) is 0 Å². The lowest BCUT2D eigenvalue weighted by atomic mass is 10.1. The summed E-state index contributed by atoms with van der Waals surface area (Å²) in [6.45, 7) is 2.25. The van der Waals surface area contributed by atoms with E-state index in [1.54, 1.807) is 0 Å². The van der Waals surface area contributed by atoms with Gasteiger partial charge in [0.1, 0.15) is 0 Å². The number of hydrogen-bond acceptors (Lipinski definition) is 0. The molecule has 7 heavy (non-hydrogen) atoms. The van der Waals surface area contributed by atoms with Gasteiger partial charge in [-0.3, -0.25) is 0 Å². The summed E-state index contributed by atoms with van der Waals surface area (Å²) in [6.07, 6.45) is 8.67. The van der Waals surface area contributed by atoms with Crippen LogP contribution in [-0.2, 0) is 0 Å². The van der Waals surface area contributed by atoms with Gasteiger partial charge in [0.2, 0.25) is 0 Å². The number of hydrogen-bond donors (Lipinski definition) is 0. The Balaban J connectivity index is 2.28. The van der Waals surface area contributed by atoms with Crippen molar-refractivity contribution in [1.29, 1.82) is 0 Å². The normalized spacial score (nSPS) is 29.0. The fourth-order valence-electron chi connectivity index (χ4n) is 1.04. The van der Waals surface area contributed by atoms with Crippen LogP contribution in [0, 0.1) is 5.92 Å². The van der Waals surface area contributed by atoms with Gasteiger partial charge in [-0.05, 0) is 25.2 Å². The van der Waals surface area contributed by atoms with Crippen LogP contribution in [0.15, 0.2) is 12.2 Å². The van der Waals surface area contributed by atoms with Crippen LogP contribution in [0.3, 0.4) is 0 Å². The Kier molecular flexibility index (Phi) is 1.50. The Morgan fingerprint density at radius 3 is 2.86 bits per heavy atom. The molecule has 0 unspecified atom stereocenters. The van der Waals surface area contributed by atoms with Crippen LogP contribution >= 0.6 is 0 Å². The summed E-state index contributed by atoms with van der Waals surface area (Å²) >= 11 is 0. The van der Waals surface area contributed by atoms with Crippen LogP contribution in [0.4, 0.5) is 0 Å². The van der Waals surface area contributed by atoms with Crippen molar-refractivity contribution >= 4 is 0 Å². The summed E-state index contributed by atoms with van der Waals surface area (Å²) in [4.78, 5) is 0. The van der Waals surface area contributed by atoms with Crippen molar-refractivity contribution < 1.29 is 0 Å². The van der Waals surface area contributed by atoms with Crippen molar-refractivity contribution in [2.75, 3.05) is 0 Å². The van der Waals surface area contributed by atoms with Gasteiger partial charge in [-0.1, -0.05) is 19.1 Å². The molecular weight excluding hydrogens is 84.1 g/mol. The van der Waals surface area contributed by atoms with Gasteiger partial charge in [0, 0.05) is 0 Å². The van der Waals surface area contributed by atoms with Gasteiger partial charge in [-0.2, -0.15) is 0 Å². The van der Waals surface area contributed by atoms with Gasteiger partial charge in [-0.15, -0.1) is 0 Å². The van der Waals surface area contributed by atoms with E-state index < -0.39 is 0 Å². The Hall–Kier alpha value is -0.260. The molecule has 1 aliphatic carbocycles. The highest BCUT2D eigenvalue weighted by Crippen LogP contribution is 2.18. The summed E-state index contributed by atoms with van der Waals surface area (Å²) < 4.78 is 0. The van der Waals surface area contributed by atoms with Crippen LogP contribution < -0.4 is 0 Å². The van der Waals surface area contributed by atoms with E-state index in [9.17, 15) is 0 Å². The lowest BCUT2D eigenvalue weighted by Gasteiger charge is -1.97. The molecule has 0 saturated heterocycles. The van der Waals surface area contributed by atoms with Crippen LogP contribution in [0.2, 0.25) is 0 Å². The zero-order valence-corrected chi connectivity index (χ0v) is 4.85. The molecule has 0 amide bonds. The van der Waals surface area contributed by atoms with E-state index in [0.717, 1.165) is 5.92 Å². The molecule has 0 spiro atoms. The first-order valence-corrected chi connectivity index (χ1v) is 3.10. The molecule has 1 aliphatic rings. The summed E-state index contributed by atoms with van der Waals surface area (Å²) in [7, 11) is 0. The van der Waals surface area contributed by atoms with Crippen molar-refractivity contribution in [2.45, 2.75) is 26.2 Å². The standard InChI is InChI=1S/C7H12/c1-2-7-5-3-4-6-7/h3,5,7H,2,4,6H2,1H3/t7-/m0/s1. The molecule has 1 rings (SSSR count). The minimum atomic E-state index is 0.917. The third-order valence-corrected chi connectivity index (χ3v) is 1.64. The third-order valence-electron chi connectivity index (χ3n) is 1.64. The fourth-order valence-corrected chi connectivity index (χ4v) is 1.04. The van der Waals surface area contributed by atoms with Gasteiger partial charge in [0.15, 0.2) is 0 Å². The average molecular weight is 96.2 g/mol. The molecule has 0 aromatic rings. The highest BCUT2D eigenvalue weighted by Gasteiger charge is 2.03. The Bertz CT molecular complexity index is 72.1. The molecular formula is C7H12. The zero-order chi connectivity index (χ0) is 5.11. The topological polar surface area (TPSA) is 0 Å². The zero-order valence-electron chi connectivity index (χ0n) is 4.85. The number of allylic oxidation sites excluding steroid dienone is 2. The Morgan fingerprint density at radius 1 is 1.71 bits per heavy atom. The predicted molar refractivity (Wildman–Crippen MR) is 32.2 cm³/mol. The second kappa shape index (κ2) is 2.15. The van der Waals surface area contributed by atoms with E-state index in [-0.39, 0.29) is 0 Å². The van der Waals surface area contributed by atoms with Crippen molar-refractivity contribution in [1.82, 2.24) is 0 Å². The van der Waals surface area contributed by atoms with E-state index in [4.69, 9.17) is 0 Å². The van der Waals surface area contributed by atoms with Crippen molar-refractivity contribution in [3.8, 4) is 0 Å². The summed E-state index contributed by atoms with van der Waals surface area (Å²) in [6, 6.07) is 0.